The molecule has 1 aliphatic rings. The van der Waals surface area contributed by atoms with Crippen molar-refractivity contribution >= 4 is 15.9 Å². The average Bonchev–Trinajstić information content (AvgIpc) is 3.01. The van der Waals surface area contributed by atoms with E-state index in [2.05, 4.69) is 15.9 Å². The molecule has 2 heterocycles. The molecule has 0 saturated carbocycles. The van der Waals surface area contributed by atoms with Crippen molar-refractivity contribution in [3.05, 3.63) is 60.8 Å². The number of aromatic nitrogens is 2. The molecule has 1 aliphatic heterocycles. The van der Waals surface area contributed by atoms with Crippen LogP contribution >= 0.6 is 15.9 Å². The molecule has 0 amide bonds. The van der Waals surface area contributed by atoms with Gasteiger partial charge in [-0.15, -0.1) is 0 Å². The van der Waals surface area contributed by atoms with Crippen molar-refractivity contribution in [1.29, 1.82) is 5.26 Å². The summed E-state index contributed by atoms with van der Waals surface area (Å²) in [6.45, 7) is 0.838. The largest absolute Gasteiger partial charge is 0.492 e. The second-order valence-corrected chi connectivity index (χ2v) is 6.15. The van der Waals surface area contributed by atoms with Crippen LogP contribution in [0.15, 0.2) is 38.3 Å². The highest BCUT2D eigenvalue weighted by Gasteiger charge is 2.22. The van der Waals surface area contributed by atoms with Crippen LogP contribution in [0.4, 0.5) is 0 Å². The second-order valence-electron chi connectivity index (χ2n) is 5.23. The zero-order chi connectivity index (χ0) is 16.4. The average molecular weight is 376 g/mol. The van der Waals surface area contributed by atoms with Crippen molar-refractivity contribution in [2.24, 2.45) is 0 Å². The Morgan fingerprint density at radius 2 is 2.17 bits per heavy atom. The zero-order valence-electron chi connectivity index (χ0n) is 12.3. The Kier molecular flexibility index (Phi) is 4.35. The Morgan fingerprint density at radius 3 is 2.91 bits per heavy atom. The zero-order valence-corrected chi connectivity index (χ0v) is 13.9. The number of ether oxygens (including phenoxy) is 1. The molecule has 0 saturated heterocycles. The molecule has 0 aliphatic carbocycles. The SMILES string of the molecule is N#Cc1c2n(c(=O)n(CCOc3cccc(Br)c3)c1=O)CCC2. The lowest BCUT2D eigenvalue weighted by Gasteiger charge is -2.11. The molecule has 7 heteroatoms. The Labute approximate surface area is 140 Å². The van der Waals surface area contributed by atoms with Gasteiger partial charge in [0.2, 0.25) is 0 Å². The summed E-state index contributed by atoms with van der Waals surface area (Å²) in [7, 11) is 0. The third kappa shape index (κ3) is 2.94. The van der Waals surface area contributed by atoms with E-state index >= 15 is 0 Å². The second kappa shape index (κ2) is 6.42. The third-order valence-electron chi connectivity index (χ3n) is 3.82. The quantitative estimate of drug-likeness (QED) is 0.814. The molecular weight excluding hydrogens is 362 g/mol. The predicted octanol–water partition coefficient (Wildman–Crippen LogP) is 1.67. The fourth-order valence-electron chi connectivity index (χ4n) is 2.76. The van der Waals surface area contributed by atoms with E-state index in [1.54, 1.807) is 12.1 Å². The summed E-state index contributed by atoms with van der Waals surface area (Å²) in [6.07, 6.45) is 1.38. The number of benzene rings is 1. The van der Waals surface area contributed by atoms with E-state index in [1.807, 2.05) is 18.2 Å². The van der Waals surface area contributed by atoms with Crippen molar-refractivity contribution < 1.29 is 4.74 Å². The first-order chi connectivity index (χ1) is 11.1. The molecule has 0 fully saturated rings. The van der Waals surface area contributed by atoms with Crippen molar-refractivity contribution in [3.63, 3.8) is 0 Å². The monoisotopic (exact) mass is 375 g/mol. The molecule has 1 aromatic heterocycles. The van der Waals surface area contributed by atoms with Crippen molar-refractivity contribution in [1.82, 2.24) is 9.13 Å². The molecule has 0 bridgehead atoms. The number of halogens is 1. The smallest absolute Gasteiger partial charge is 0.331 e. The van der Waals surface area contributed by atoms with E-state index in [9.17, 15) is 14.9 Å². The van der Waals surface area contributed by atoms with Gasteiger partial charge in [-0.3, -0.25) is 13.9 Å². The molecule has 0 N–H and O–H groups in total. The van der Waals surface area contributed by atoms with E-state index < -0.39 is 5.56 Å². The van der Waals surface area contributed by atoms with Gasteiger partial charge in [0.15, 0.2) is 0 Å². The third-order valence-corrected chi connectivity index (χ3v) is 4.32. The van der Waals surface area contributed by atoms with Crippen molar-refractivity contribution in [2.75, 3.05) is 6.61 Å². The first kappa shape index (κ1) is 15.6. The minimum Gasteiger partial charge on any atom is -0.492 e. The minimum atomic E-state index is -0.525. The van der Waals surface area contributed by atoms with Crippen molar-refractivity contribution in [3.8, 4) is 11.8 Å². The molecule has 0 atom stereocenters. The number of fused-ring (bicyclic) bond motifs is 1. The Bertz CT molecular complexity index is 908. The van der Waals surface area contributed by atoms with Crippen LogP contribution in [0.1, 0.15) is 17.7 Å². The Hall–Kier alpha value is -2.33. The molecule has 1 aromatic carbocycles. The molecule has 118 valence electrons. The number of nitriles is 1. The first-order valence-corrected chi connectivity index (χ1v) is 8.06. The summed E-state index contributed by atoms with van der Waals surface area (Å²) in [5, 5.41) is 9.22. The highest BCUT2D eigenvalue weighted by Crippen LogP contribution is 2.17. The van der Waals surface area contributed by atoms with Crippen LogP contribution in [-0.4, -0.2) is 15.7 Å². The van der Waals surface area contributed by atoms with Gasteiger partial charge < -0.3 is 4.74 Å². The Morgan fingerprint density at radius 1 is 1.35 bits per heavy atom. The van der Waals surface area contributed by atoms with E-state index in [0.29, 0.717) is 24.4 Å². The van der Waals surface area contributed by atoms with Crippen LogP contribution in [0.25, 0.3) is 0 Å². The lowest BCUT2D eigenvalue weighted by atomic mass is 10.2. The summed E-state index contributed by atoms with van der Waals surface area (Å²) < 4.78 is 9.07. The first-order valence-electron chi connectivity index (χ1n) is 7.27. The topological polar surface area (TPSA) is 77.0 Å². The van der Waals surface area contributed by atoms with E-state index in [0.717, 1.165) is 15.5 Å². The fourth-order valence-corrected chi connectivity index (χ4v) is 3.14. The van der Waals surface area contributed by atoms with Crippen molar-refractivity contribution in [2.45, 2.75) is 25.9 Å². The minimum absolute atomic E-state index is 0.0737. The van der Waals surface area contributed by atoms with E-state index in [-0.39, 0.29) is 24.4 Å². The number of rotatable bonds is 4. The summed E-state index contributed by atoms with van der Waals surface area (Å²) in [6, 6.07) is 9.25. The van der Waals surface area contributed by atoms with Gasteiger partial charge in [-0.25, -0.2) is 4.79 Å². The molecule has 0 spiro atoms. The summed E-state index contributed by atoms with van der Waals surface area (Å²) in [4.78, 5) is 24.7. The lowest BCUT2D eigenvalue weighted by Crippen LogP contribution is -2.42. The van der Waals surface area contributed by atoms with Crippen LogP contribution in [-0.2, 0) is 19.5 Å². The van der Waals surface area contributed by atoms with Crippen LogP contribution in [0.3, 0.4) is 0 Å². The van der Waals surface area contributed by atoms with Gasteiger partial charge in [0.25, 0.3) is 5.56 Å². The summed E-state index contributed by atoms with van der Waals surface area (Å²) in [5.41, 5.74) is -0.251. The van der Waals surface area contributed by atoms with Gasteiger partial charge in [-0.05, 0) is 31.0 Å². The molecule has 6 nitrogen and oxygen atoms in total. The number of hydrogen-bond acceptors (Lipinski definition) is 4. The predicted molar refractivity (Wildman–Crippen MR) is 87.6 cm³/mol. The van der Waals surface area contributed by atoms with Gasteiger partial charge in [0, 0.05) is 16.7 Å². The van der Waals surface area contributed by atoms with Crippen LogP contribution in [0.5, 0.6) is 5.75 Å². The lowest BCUT2D eigenvalue weighted by molar-refractivity contribution is 0.291. The van der Waals surface area contributed by atoms with Crippen LogP contribution < -0.4 is 16.0 Å². The normalized spacial score (nSPS) is 12.7. The van der Waals surface area contributed by atoms with Gasteiger partial charge in [-0.2, -0.15) is 5.26 Å². The summed E-state index contributed by atoms with van der Waals surface area (Å²) >= 11 is 3.35. The molecule has 0 unspecified atom stereocenters. The summed E-state index contributed by atoms with van der Waals surface area (Å²) in [5.74, 6) is 0.647. The standard InChI is InChI=1S/C16H14BrN3O3/c17-11-3-1-4-12(9-11)23-8-7-20-15(21)13(10-18)14-5-2-6-19(14)16(20)22/h1,3-4,9H,2,5-8H2. The maximum Gasteiger partial charge on any atom is 0.331 e. The van der Waals surface area contributed by atoms with Gasteiger partial charge in [0.1, 0.15) is 24.0 Å². The van der Waals surface area contributed by atoms with Gasteiger partial charge >= 0.3 is 5.69 Å². The number of hydrogen-bond donors (Lipinski definition) is 0. The molecule has 2 aromatic rings. The van der Waals surface area contributed by atoms with Crippen LogP contribution in [0.2, 0.25) is 0 Å². The van der Waals surface area contributed by atoms with Crippen LogP contribution in [0, 0.1) is 11.3 Å². The maximum atomic E-state index is 12.4. The maximum absolute atomic E-state index is 12.4. The Balaban J connectivity index is 1.85. The molecular formula is C16H14BrN3O3. The highest BCUT2D eigenvalue weighted by molar-refractivity contribution is 9.10. The number of nitrogens with zero attached hydrogens (tertiary/aromatic N) is 3. The van der Waals surface area contributed by atoms with Gasteiger partial charge in [0.05, 0.1) is 6.54 Å². The fraction of sp³-hybridized carbons (Fsp3) is 0.312. The molecule has 0 radical (unpaired) electrons. The molecule has 3 rings (SSSR count). The van der Waals surface area contributed by atoms with Gasteiger partial charge in [-0.1, -0.05) is 22.0 Å². The molecule has 23 heavy (non-hydrogen) atoms. The van der Waals surface area contributed by atoms with E-state index in [4.69, 9.17) is 4.74 Å². The van der Waals surface area contributed by atoms with E-state index in [1.165, 1.54) is 4.57 Å². The highest BCUT2D eigenvalue weighted by atomic mass is 79.9.